The van der Waals surface area contributed by atoms with Crippen molar-refractivity contribution < 1.29 is 14.3 Å². The van der Waals surface area contributed by atoms with Gasteiger partial charge in [-0.2, -0.15) is 0 Å². The number of hydrogen-bond donors (Lipinski definition) is 0. The summed E-state index contributed by atoms with van der Waals surface area (Å²) >= 11 is 10.4. The van der Waals surface area contributed by atoms with Crippen LogP contribution in [-0.2, 0) is 11.2 Å². The summed E-state index contributed by atoms with van der Waals surface area (Å²) in [5.41, 5.74) is 0.984. The van der Waals surface area contributed by atoms with Crippen LogP contribution in [0.1, 0.15) is 33.3 Å². The van der Waals surface area contributed by atoms with Crippen molar-refractivity contribution in [2.45, 2.75) is 39.4 Å². The standard InChI is InChI=1S/C18H24BrNO3S2/c1-5-22-14-9-15(23-6-2)13(19)7-12(14)8-16-17(21)20(10-11(3)4)18(24)25-16/h7,9,11,16H,5-6,8,10H2,1-4H3/t16-/m1/s1. The molecule has 1 aromatic carbocycles. The fraction of sp³-hybridized carbons (Fsp3) is 0.556. The molecule has 0 saturated carbocycles. The van der Waals surface area contributed by atoms with E-state index in [1.54, 1.807) is 4.90 Å². The van der Waals surface area contributed by atoms with Gasteiger partial charge in [0.05, 0.1) is 22.9 Å². The van der Waals surface area contributed by atoms with E-state index >= 15 is 0 Å². The third-order valence-corrected chi connectivity index (χ3v) is 5.88. The van der Waals surface area contributed by atoms with E-state index in [0.717, 1.165) is 21.5 Å². The summed E-state index contributed by atoms with van der Waals surface area (Å²) < 4.78 is 12.9. The van der Waals surface area contributed by atoms with Gasteiger partial charge in [0.25, 0.3) is 0 Å². The van der Waals surface area contributed by atoms with Crippen molar-refractivity contribution in [3.8, 4) is 11.5 Å². The average molecular weight is 446 g/mol. The molecule has 1 aromatic rings. The van der Waals surface area contributed by atoms with Crippen LogP contribution in [0.4, 0.5) is 0 Å². The number of carbonyl (C=O) groups excluding carboxylic acids is 1. The zero-order chi connectivity index (χ0) is 18.6. The Morgan fingerprint density at radius 3 is 2.48 bits per heavy atom. The molecule has 1 fully saturated rings. The van der Waals surface area contributed by atoms with Gasteiger partial charge in [-0.15, -0.1) is 0 Å². The number of nitrogens with zero attached hydrogens (tertiary/aromatic N) is 1. The lowest BCUT2D eigenvalue weighted by atomic mass is 10.1. The first kappa shape index (κ1) is 20.5. The third kappa shape index (κ3) is 5.11. The predicted octanol–water partition coefficient (Wildman–Crippen LogP) is 4.67. The molecule has 7 heteroatoms. The van der Waals surface area contributed by atoms with E-state index in [1.165, 1.54) is 11.8 Å². The molecule has 2 rings (SSSR count). The average Bonchev–Trinajstić information content (AvgIpc) is 2.79. The fourth-order valence-corrected chi connectivity index (χ4v) is 4.69. The Bertz CT molecular complexity index is 651. The molecule has 25 heavy (non-hydrogen) atoms. The molecule has 1 heterocycles. The first-order chi connectivity index (χ1) is 11.9. The zero-order valence-corrected chi connectivity index (χ0v) is 18.2. The normalized spacial score (nSPS) is 17.5. The van der Waals surface area contributed by atoms with Gasteiger partial charge in [-0.05, 0) is 53.7 Å². The SMILES string of the molecule is CCOc1cc(OCC)c(C[C@H]2SC(=S)N(CC(C)C)C2=O)cc1Br. The number of amides is 1. The molecule has 1 atom stereocenters. The van der Waals surface area contributed by atoms with Crippen LogP contribution in [0.15, 0.2) is 16.6 Å². The minimum absolute atomic E-state index is 0.0937. The molecule has 138 valence electrons. The van der Waals surface area contributed by atoms with Gasteiger partial charge >= 0.3 is 0 Å². The Morgan fingerprint density at radius 1 is 1.24 bits per heavy atom. The summed E-state index contributed by atoms with van der Waals surface area (Å²) in [6.07, 6.45) is 0.582. The topological polar surface area (TPSA) is 38.8 Å². The van der Waals surface area contributed by atoms with Gasteiger partial charge in [-0.3, -0.25) is 9.69 Å². The van der Waals surface area contributed by atoms with Gasteiger partial charge in [0.15, 0.2) is 0 Å². The van der Waals surface area contributed by atoms with Gasteiger partial charge in [-0.1, -0.05) is 37.8 Å². The second-order valence-electron chi connectivity index (χ2n) is 6.18. The minimum atomic E-state index is -0.199. The van der Waals surface area contributed by atoms with E-state index < -0.39 is 0 Å². The maximum atomic E-state index is 12.7. The third-order valence-electron chi connectivity index (χ3n) is 3.67. The molecule has 0 bridgehead atoms. The van der Waals surface area contributed by atoms with Crippen LogP contribution >= 0.6 is 39.9 Å². The van der Waals surface area contributed by atoms with E-state index in [2.05, 4.69) is 29.8 Å². The summed E-state index contributed by atoms with van der Waals surface area (Å²) in [5, 5.41) is -0.199. The molecule has 0 N–H and O–H groups in total. The highest BCUT2D eigenvalue weighted by Crippen LogP contribution is 2.37. The van der Waals surface area contributed by atoms with Crippen LogP contribution in [0.5, 0.6) is 11.5 Å². The molecule has 1 aliphatic heterocycles. The summed E-state index contributed by atoms with van der Waals surface area (Å²) in [7, 11) is 0. The van der Waals surface area contributed by atoms with Crippen molar-refractivity contribution in [1.29, 1.82) is 0 Å². The Hall–Kier alpha value is -0.790. The number of benzene rings is 1. The van der Waals surface area contributed by atoms with E-state index in [1.807, 2.05) is 26.0 Å². The Balaban J connectivity index is 2.23. The lowest BCUT2D eigenvalue weighted by molar-refractivity contribution is -0.126. The molecule has 1 amide bonds. The monoisotopic (exact) mass is 445 g/mol. The summed E-state index contributed by atoms with van der Waals surface area (Å²) in [6, 6.07) is 3.87. The van der Waals surface area contributed by atoms with Crippen LogP contribution in [0.2, 0.25) is 0 Å². The number of rotatable bonds is 8. The fourth-order valence-electron chi connectivity index (χ4n) is 2.65. The second-order valence-corrected chi connectivity index (χ2v) is 8.87. The molecule has 0 aliphatic carbocycles. The maximum Gasteiger partial charge on any atom is 0.241 e. The van der Waals surface area contributed by atoms with Crippen LogP contribution in [-0.4, -0.2) is 40.1 Å². The molecule has 0 spiro atoms. The number of thiocarbonyl (C=S) groups is 1. The first-order valence-corrected chi connectivity index (χ1v) is 10.5. The molecular weight excluding hydrogens is 422 g/mol. The smallest absolute Gasteiger partial charge is 0.241 e. The number of hydrogen-bond acceptors (Lipinski definition) is 5. The Labute approximate surface area is 167 Å². The Kier molecular flexibility index (Phi) is 7.58. The molecule has 1 saturated heterocycles. The van der Waals surface area contributed by atoms with Crippen molar-refractivity contribution >= 4 is 50.1 Å². The maximum absolute atomic E-state index is 12.7. The second kappa shape index (κ2) is 9.24. The van der Waals surface area contributed by atoms with Crippen LogP contribution in [0.3, 0.4) is 0 Å². The predicted molar refractivity (Wildman–Crippen MR) is 111 cm³/mol. The van der Waals surface area contributed by atoms with Gasteiger partial charge in [-0.25, -0.2) is 0 Å². The van der Waals surface area contributed by atoms with Crippen molar-refractivity contribution in [1.82, 2.24) is 4.90 Å². The van der Waals surface area contributed by atoms with Crippen molar-refractivity contribution in [2.24, 2.45) is 5.92 Å². The molecular formula is C18H24BrNO3S2. The number of ether oxygens (including phenoxy) is 2. The molecule has 1 aliphatic rings. The number of carbonyl (C=O) groups is 1. The lowest BCUT2D eigenvalue weighted by Gasteiger charge is -2.18. The summed E-state index contributed by atoms with van der Waals surface area (Å²) in [4.78, 5) is 14.5. The minimum Gasteiger partial charge on any atom is -0.493 e. The molecule has 0 radical (unpaired) electrons. The quantitative estimate of drug-likeness (QED) is 0.543. The number of halogens is 1. The highest BCUT2D eigenvalue weighted by atomic mass is 79.9. The van der Waals surface area contributed by atoms with Crippen molar-refractivity contribution in [3.05, 3.63) is 22.2 Å². The Morgan fingerprint density at radius 2 is 1.88 bits per heavy atom. The largest absolute Gasteiger partial charge is 0.493 e. The molecule has 0 unspecified atom stereocenters. The van der Waals surface area contributed by atoms with Gasteiger partial charge < -0.3 is 9.47 Å². The highest BCUT2D eigenvalue weighted by molar-refractivity contribution is 9.10. The lowest BCUT2D eigenvalue weighted by Crippen LogP contribution is -2.35. The summed E-state index contributed by atoms with van der Waals surface area (Å²) in [6.45, 7) is 9.88. The zero-order valence-electron chi connectivity index (χ0n) is 15.0. The van der Waals surface area contributed by atoms with E-state index in [0.29, 0.717) is 36.4 Å². The van der Waals surface area contributed by atoms with Crippen LogP contribution < -0.4 is 9.47 Å². The van der Waals surface area contributed by atoms with Crippen LogP contribution in [0, 0.1) is 5.92 Å². The van der Waals surface area contributed by atoms with Gasteiger partial charge in [0.1, 0.15) is 15.8 Å². The van der Waals surface area contributed by atoms with Gasteiger partial charge in [0.2, 0.25) is 5.91 Å². The van der Waals surface area contributed by atoms with Crippen molar-refractivity contribution in [3.63, 3.8) is 0 Å². The molecule has 0 aromatic heterocycles. The highest BCUT2D eigenvalue weighted by Gasteiger charge is 2.37. The van der Waals surface area contributed by atoms with Crippen molar-refractivity contribution in [2.75, 3.05) is 19.8 Å². The van der Waals surface area contributed by atoms with E-state index in [-0.39, 0.29) is 11.2 Å². The van der Waals surface area contributed by atoms with E-state index in [9.17, 15) is 4.79 Å². The summed E-state index contributed by atoms with van der Waals surface area (Å²) in [5.74, 6) is 1.99. The number of thioether (sulfide) groups is 1. The molecule has 4 nitrogen and oxygen atoms in total. The van der Waals surface area contributed by atoms with Gasteiger partial charge in [0, 0.05) is 12.6 Å². The van der Waals surface area contributed by atoms with E-state index in [4.69, 9.17) is 21.7 Å². The first-order valence-electron chi connectivity index (χ1n) is 8.47. The van der Waals surface area contributed by atoms with Crippen LogP contribution in [0.25, 0.3) is 0 Å².